The number of carbonyl (C=O) groups is 1. The first-order valence-electron chi connectivity index (χ1n) is 10.5. The first-order valence-corrected chi connectivity index (χ1v) is 11.3. The third-order valence-corrected chi connectivity index (χ3v) is 6.03. The van der Waals surface area contributed by atoms with Gasteiger partial charge in [0.2, 0.25) is 0 Å². The molecule has 0 bridgehead atoms. The number of hydrogen-bond donors (Lipinski definition) is 0. The number of rotatable bonds is 8. The van der Waals surface area contributed by atoms with Gasteiger partial charge >= 0.3 is 0 Å². The fourth-order valence-corrected chi connectivity index (χ4v) is 4.18. The maximum absolute atomic E-state index is 13.4. The Morgan fingerprint density at radius 2 is 1.68 bits per heavy atom. The van der Waals surface area contributed by atoms with Crippen LogP contribution in [-0.4, -0.2) is 17.4 Å². The highest BCUT2D eigenvalue weighted by Crippen LogP contribution is 2.31. The van der Waals surface area contributed by atoms with E-state index in [0.29, 0.717) is 23.7 Å². The third kappa shape index (κ3) is 5.28. The molecule has 3 aromatic carbocycles. The average Bonchev–Trinajstić information content (AvgIpc) is 3.22. The van der Waals surface area contributed by atoms with Gasteiger partial charge in [0, 0.05) is 5.56 Å². The summed E-state index contributed by atoms with van der Waals surface area (Å²) < 4.78 is 6.89. The summed E-state index contributed by atoms with van der Waals surface area (Å²) in [7, 11) is 0. The van der Waals surface area contributed by atoms with E-state index in [0.717, 1.165) is 33.0 Å². The van der Waals surface area contributed by atoms with Crippen molar-refractivity contribution in [2.75, 3.05) is 6.61 Å². The summed E-state index contributed by atoms with van der Waals surface area (Å²) >= 11 is 1.54. The van der Waals surface area contributed by atoms with E-state index in [1.807, 2.05) is 84.9 Å². The molecule has 1 heterocycles. The number of allylic oxidation sites excluding steroid dienone is 1. The lowest BCUT2D eigenvalue weighted by Gasteiger charge is -2.08. The van der Waals surface area contributed by atoms with Crippen LogP contribution in [0.2, 0.25) is 0 Å². The van der Waals surface area contributed by atoms with Crippen molar-refractivity contribution in [3.8, 4) is 5.75 Å². The first kappa shape index (κ1) is 21.0. The molecule has 0 radical (unpaired) electrons. The van der Waals surface area contributed by atoms with E-state index < -0.39 is 0 Å². The zero-order valence-corrected chi connectivity index (χ0v) is 18.6. The highest BCUT2D eigenvalue weighted by atomic mass is 32.1. The predicted octanol–water partition coefficient (Wildman–Crippen LogP) is 7.14. The second-order valence-electron chi connectivity index (χ2n) is 7.84. The van der Waals surface area contributed by atoms with Gasteiger partial charge < -0.3 is 4.74 Å². The van der Waals surface area contributed by atoms with Crippen LogP contribution in [0.1, 0.15) is 41.2 Å². The Labute approximate surface area is 187 Å². The molecule has 156 valence electrons. The van der Waals surface area contributed by atoms with Gasteiger partial charge in [0.1, 0.15) is 10.8 Å². The number of ether oxygens (including phenoxy) is 1. The lowest BCUT2D eigenvalue weighted by molar-refractivity contribution is 0.105. The standard InChI is InChI=1S/C27H25NO2S/c1-19(2)16-17-30-22-14-12-20(13-15-22)18-23(26(29)21-8-4-3-5-9-21)27-28-24-10-6-7-11-25(24)31-27/h3-15,18-19H,16-17H2,1-2H3. The molecule has 0 atom stereocenters. The Morgan fingerprint density at radius 3 is 2.39 bits per heavy atom. The van der Waals surface area contributed by atoms with E-state index in [-0.39, 0.29) is 5.78 Å². The van der Waals surface area contributed by atoms with Gasteiger partial charge in [0.05, 0.1) is 22.4 Å². The minimum atomic E-state index is -0.0306. The number of carbonyl (C=O) groups excluding carboxylic acids is 1. The van der Waals surface area contributed by atoms with Crippen molar-refractivity contribution < 1.29 is 9.53 Å². The van der Waals surface area contributed by atoms with Crippen molar-refractivity contribution in [2.24, 2.45) is 5.92 Å². The third-order valence-electron chi connectivity index (χ3n) is 4.96. The second-order valence-corrected chi connectivity index (χ2v) is 8.87. The molecule has 0 amide bonds. The lowest BCUT2D eigenvalue weighted by atomic mass is 10.0. The first-order chi connectivity index (χ1) is 15.1. The van der Waals surface area contributed by atoms with E-state index in [1.165, 1.54) is 11.3 Å². The van der Waals surface area contributed by atoms with Crippen molar-refractivity contribution >= 4 is 39.0 Å². The molecule has 0 spiro atoms. The Morgan fingerprint density at radius 1 is 0.968 bits per heavy atom. The van der Waals surface area contributed by atoms with Gasteiger partial charge in [-0.1, -0.05) is 68.4 Å². The van der Waals surface area contributed by atoms with Gasteiger partial charge in [-0.3, -0.25) is 4.79 Å². The Hall–Kier alpha value is -3.24. The zero-order valence-electron chi connectivity index (χ0n) is 17.7. The zero-order chi connectivity index (χ0) is 21.6. The highest BCUT2D eigenvalue weighted by molar-refractivity contribution is 7.20. The molecule has 0 saturated carbocycles. The number of para-hydroxylation sites is 1. The van der Waals surface area contributed by atoms with E-state index in [9.17, 15) is 4.79 Å². The SMILES string of the molecule is CC(C)CCOc1ccc(C=C(C(=O)c2ccccc2)c2nc3ccccc3s2)cc1. The summed E-state index contributed by atoms with van der Waals surface area (Å²) in [5.41, 5.74) is 3.10. The van der Waals surface area contributed by atoms with Crippen LogP contribution in [0.4, 0.5) is 0 Å². The van der Waals surface area contributed by atoms with Gasteiger partial charge in [0.15, 0.2) is 5.78 Å². The van der Waals surface area contributed by atoms with Gasteiger partial charge in [-0.15, -0.1) is 11.3 Å². The summed E-state index contributed by atoms with van der Waals surface area (Å²) in [6.07, 6.45) is 2.94. The average molecular weight is 428 g/mol. The molecule has 0 aliphatic rings. The molecule has 31 heavy (non-hydrogen) atoms. The largest absolute Gasteiger partial charge is 0.494 e. The van der Waals surface area contributed by atoms with Crippen LogP contribution in [0.25, 0.3) is 21.9 Å². The van der Waals surface area contributed by atoms with Crippen LogP contribution < -0.4 is 4.74 Å². The molecular weight excluding hydrogens is 402 g/mol. The monoisotopic (exact) mass is 427 g/mol. The smallest absolute Gasteiger partial charge is 0.196 e. The number of Topliss-reactive ketones (excluding diaryl/α,β-unsaturated/α-hetero) is 1. The molecule has 4 rings (SSSR count). The predicted molar refractivity (Wildman–Crippen MR) is 130 cm³/mol. The Balaban J connectivity index is 1.67. The van der Waals surface area contributed by atoms with Crippen molar-refractivity contribution in [1.82, 2.24) is 4.98 Å². The summed E-state index contributed by atoms with van der Waals surface area (Å²) in [5, 5.41) is 0.729. The molecule has 0 fully saturated rings. The number of nitrogens with zero attached hydrogens (tertiary/aromatic N) is 1. The molecule has 0 aliphatic heterocycles. The number of ketones is 1. The van der Waals surface area contributed by atoms with Crippen molar-refractivity contribution in [3.05, 3.63) is 95.0 Å². The van der Waals surface area contributed by atoms with E-state index in [1.54, 1.807) is 0 Å². The van der Waals surface area contributed by atoms with Gasteiger partial charge in [-0.2, -0.15) is 0 Å². The van der Waals surface area contributed by atoms with Gasteiger partial charge in [-0.25, -0.2) is 4.98 Å². The molecule has 0 aliphatic carbocycles. The molecule has 0 saturated heterocycles. The van der Waals surface area contributed by atoms with Crippen LogP contribution in [0.5, 0.6) is 5.75 Å². The van der Waals surface area contributed by atoms with Crippen LogP contribution in [0.15, 0.2) is 78.9 Å². The number of benzene rings is 3. The highest BCUT2D eigenvalue weighted by Gasteiger charge is 2.18. The van der Waals surface area contributed by atoms with Crippen LogP contribution in [-0.2, 0) is 0 Å². The van der Waals surface area contributed by atoms with Gasteiger partial charge in [-0.05, 0) is 48.2 Å². The molecule has 0 N–H and O–H groups in total. The van der Waals surface area contributed by atoms with Crippen molar-refractivity contribution in [2.45, 2.75) is 20.3 Å². The summed E-state index contributed by atoms with van der Waals surface area (Å²) in [6, 6.07) is 25.2. The number of fused-ring (bicyclic) bond motifs is 1. The molecule has 3 nitrogen and oxygen atoms in total. The Bertz CT molecular complexity index is 1160. The van der Waals surface area contributed by atoms with E-state index in [4.69, 9.17) is 9.72 Å². The fraction of sp³-hybridized carbons (Fsp3) is 0.185. The van der Waals surface area contributed by atoms with E-state index >= 15 is 0 Å². The minimum absolute atomic E-state index is 0.0306. The van der Waals surface area contributed by atoms with Crippen LogP contribution >= 0.6 is 11.3 Å². The van der Waals surface area contributed by atoms with E-state index in [2.05, 4.69) is 13.8 Å². The van der Waals surface area contributed by atoms with Crippen molar-refractivity contribution in [1.29, 1.82) is 0 Å². The maximum Gasteiger partial charge on any atom is 0.196 e. The number of aromatic nitrogens is 1. The Kier molecular flexibility index (Phi) is 6.58. The fourth-order valence-electron chi connectivity index (χ4n) is 3.20. The molecule has 4 heteroatoms. The topological polar surface area (TPSA) is 39.2 Å². The van der Waals surface area contributed by atoms with Crippen molar-refractivity contribution in [3.63, 3.8) is 0 Å². The van der Waals surface area contributed by atoms with Crippen LogP contribution in [0, 0.1) is 5.92 Å². The normalized spacial score (nSPS) is 11.8. The molecular formula is C27H25NO2S. The summed E-state index contributed by atoms with van der Waals surface area (Å²) in [4.78, 5) is 18.1. The minimum Gasteiger partial charge on any atom is -0.494 e. The summed E-state index contributed by atoms with van der Waals surface area (Å²) in [5.74, 6) is 1.42. The number of thiazole rings is 1. The maximum atomic E-state index is 13.4. The lowest BCUT2D eigenvalue weighted by Crippen LogP contribution is -2.03. The molecule has 0 unspecified atom stereocenters. The second kappa shape index (κ2) is 9.71. The van der Waals surface area contributed by atoms with Crippen LogP contribution in [0.3, 0.4) is 0 Å². The van der Waals surface area contributed by atoms with Gasteiger partial charge in [0.25, 0.3) is 0 Å². The number of hydrogen-bond acceptors (Lipinski definition) is 4. The quantitative estimate of drug-likeness (QED) is 0.221. The molecule has 4 aromatic rings. The molecule has 1 aromatic heterocycles. The summed E-state index contributed by atoms with van der Waals surface area (Å²) in [6.45, 7) is 5.07.